The predicted octanol–water partition coefficient (Wildman–Crippen LogP) is 0.358. The van der Waals surface area contributed by atoms with Gasteiger partial charge in [0.25, 0.3) is 0 Å². The molecule has 0 saturated heterocycles. The van der Waals surface area contributed by atoms with Crippen LogP contribution in [0.15, 0.2) is 17.4 Å². The number of aromatic nitrogens is 2. The lowest BCUT2D eigenvalue weighted by molar-refractivity contribution is 0.229. The topological polar surface area (TPSA) is 93.6 Å². The Kier molecular flexibility index (Phi) is 3.22. The van der Waals surface area contributed by atoms with Crippen molar-refractivity contribution in [1.82, 2.24) is 10.2 Å². The molecule has 0 saturated carbocycles. The first-order valence-corrected chi connectivity index (χ1v) is 4.11. The summed E-state index contributed by atoms with van der Waals surface area (Å²) in [4.78, 5) is 0. The van der Waals surface area contributed by atoms with Gasteiger partial charge in [0.1, 0.15) is 0 Å². The maximum absolute atomic E-state index is 8.51. The fourth-order valence-corrected chi connectivity index (χ4v) is 0.878. The number of hydrogen-bond acceptors (Lipinski definition) is 5. The smallest absolute Gasteiger partial charge is 0.244 e. The molecule has 0 aliphatic heterocycles. The first-order chi connectivity index (χ1) is 6.65. The molecule has 0 fully saturated rings. The maximum atomic E-state index is 8.51. The first kappa shape index (κ1) is 10.2. The molecule has 0 aromatic carbocycles. The van der Waals surface area contributed by atoms with Gasteiger partial charge in [0.15, 0.2) is 5.84 Å². The summed E-state index contributed by atoms with van der Waals surface area (Å²) >= 11 is 0. The van der Waals surface area contributed by atoms with E-state index in [4.69, 9.17) is 15.7 Å². The molecule has 1 rings (SSSR count). The fourth-order valence-electron chi connectivity index (χ4n) is 0.878. The van der Waals surface area contributed by atoms with Gasteiger partial charge in [0.05, 0.1) is 17.9 Å². The molecule has 0 bridgehead atoms. The lowest BCUT2D eigenvalue weighted by Gasteiger charge is -2.10. The highest BCUT2D eigenvalue weighted by Crippen LogP contribution is 2.13. The van der Waals surface area contributed by atoms with Gasteiger partial charge in [-0.2, -0.15) is 5.10 Å². The Labute approximate surface area is 81.4 Å². The highest BCUT2D eigenvalue weighted by atomic mass is 16.5. The van der Waals surface area contributed by atoms with Gasteiger partial charge in [-0.25, -0.2) is 0 Å². The molecule has 0 unspecified atom stereocenters. The van der Waals surface area contributed by atoms with Crippen molar-refractivity contribution in [1.29, 1.82) is 0 Å². The molecule has 0 aliphatic rings. The van der Waals surface area contributed by atoms with Gasteiger partial charge in [-0.15, -0.1) is 5.10 Å². The molecular weight excluding hydrogens is 184 g/mol. The zero-order valence-corrected chi connectivity index (χ0v) is 8.01. The molecule has 0 aliphatic carbocycles. The summed E-state index contributed by atoms with van der Waals surface area (Å²) in [6, 6.07) is 1.57. The molecule has 1 heterocycles. The van der Waals surface area contributed by atoms with E-state index in [1.54, 1.807) is 6.07 Å². The van der Waals surface area contributed by atoms with Crippen molar-refractivity contribution in [3.05, 3.63) is 17.8 Å². The molecule has 0 amide bonds. The summed E-state index contributed by atoms with van der Waals surface area (Å²) in [5.41, 5.74) is 5.85. The number of hydrogen-bond donors (Lipinski definition) is 2. The molecule has 0 radical (unpaired) electrons. The standard InChI is InChI=1S/C8H12N4O2/c1-5(2)14-8-6(7(9)12-13)3-4-10-11-8/h3-5,13H,1-2H3,(H2,9,12). The van der Waals surface area contributed by atoms with E-state index in [9.17, 15) is 0 Å². The van der Waals surface area contributed by atoms with E-state index in [0.29, 0.717) is 5.56 Å². The van der Waals surface area contributed by atoms with Crippen LogP contribution in [0.2, 0.25) is 0 Å². The van der Waals surface area contributed by atoms with Crippen molar-refractivity contribution in [3.63, 3.8) is 0 Å². The fraction of sp³-hybridized carbons (Fsp3) is 0.375. The molecule has 76 valence electrons. The van der Waals surface area contributed by atoms with E-state index in [0.717, 1.165) is 0 Å². The number of nitrogens with zero attached hydrogens (tertiary/aromatic N) is 3. The minimum atomic E-state index is -0.0458. The van der Waals surface area contributed by atoms with Gasteiger partial charge in [-0.1, -0.05) is 5.16 Å². The van der Waals surface area contributed by atoms with Gasteiger partial charge >= 0.3 is 0 Å². The summed E-state index contributed by atoms with van der Waals surface area (Å²) in [5, 5.41) is 18.8. The van der Waals surface area contributed by atoms with Crippen LogP contribution < -0.4 is 10.5 Å². The van der Waals surface area contributed by atoms with Crippen LogP contribution >= 0.6 is 0 Å². The molecule has 0 atom stereocenters. The van der Waals surface area contributed by atoms with Gasteiger partial charge < -0.3 is 15.7 Å². The predicted molar refractivity (Wildman–Crippen MR) is 50.3 cm³/mol. The Hall–Kier alpha value is -1.85. The molecule has 1 aromatic rings. The molecule has 3 N–H and O–H groups in total. The SMILES string of the molecule is CC(C)Oc1nnccc1/C(N)=N/O. The second-order valence-electron chi connectivity index (χ2n) is 2.90. The van der Waals surface area contributed by atoms with Crippen LogP contribution in [-0.4, -0.2) is 27.3 Å². The number of amidine groups is 1. The molecule has 14 heavy (non-hydrogen) atoms. The Balaban J connectivity index is 3.03. The summed E-state index contributed by atoms with van der Waals surface area (Å²) in [7, 11) is 0. The Morgan fingerprint density at radius 1 is 1.64 bits per heavy atom. The van der Waals surface area contributed by atoms with Gasteiger partial charge in [0.2, 0.25) is 5.88 Å². The minimum absolute atomic E-state index is 0.0445. The van der Waals surface area contributed by atoms with Crippen molar-refractivity contribution in [2.75, 3.05) is 0 Å². The van der Waals surface area contributed by atoms with Gasteiger partial charge in [0, 0.05) is 0 Å². The lowest BCUT2D eigenvalue weighted by atomic mass is 10.3. The number of oxime groups is 1. The monoisotopic (exact) mass is 196 g/mol. The van der Waals surface area contributed by atoms with E-state index in [1.165, 1.54) is 6.20 Å². The quantitative estimate of drug-likeness (QED) is 0.315. The van der Waals surface area contributed by atoms with E-state index < -0.39 is 0 Å². The van der Waals surface area contributed by atoms with Crippen LogP contribution in [0, 0.1) is 0 Å². The summed E-state index contributed by atoms with van der Waals surface area (Å²) in [5.74, 6) is 0.216. The molecule has 1 aromatic heterocycles. The van der Waals surface area contributed by atoms with Crippen molar-refractivity contribution >= 4 is 5.84 Å². The third-order valence-corrected chi connectivity index (χ3v) is 1.42. The first-order valence-electron chi connectivity index (χ1n) is 4.11. The minimum Gasteiger partial charge on any atom is -0.473 e. The number of nitrogens with two attached hydrogens (primary N) is 1. The average molecular weight is 196 g/mol. The Bertz CT molecular complexity index is 338. The summed E-state index contributed by atoms with van der Waals surface area (Å²) < 4.78 is 5.32. The Morgan fingerprint density at radius 2 is 2.36 bits per heavy atom. The van der Waals surface area contributed by atoms with E-state index in [-0.39, 0.29) is 17.8 Å². The van der Waals surface area contributed by atoms with Crippen LogP contribution in [0.1, 0.15) is 19.4 Å². The van der Waals surface area contributed by atoms with Gasteiger partial charge in [-0.05, 0) is 19.9 Å². The third kappa shape index (κ3) is 2.32. The molecule has 6 nitrogen and oxygen atoms in total. The number of rotatable bonds is 3. The van der Waals surface area contributed by atoms with Crippen LogP contribution in [0.3, 0.4) is 0 Å². The molecule has 6 heteroatoms. The highest BCUT2D eigenvalue weighted by Gasteiger charge is 2.10. The van der Waals surface area contributed by atoms with E-state index in [1.807, 2.05) is 13.8 Å². The maximum Gasteiger partial charge on any atom is 0.244 e. The van der Waals surface area contributed by atoms with Crippen LogP contribution in [0.4, 0.5) is 0 Å². The van der Waals surface area contributed by atoms with Gasteiger partial charge in [-0.3, -0.25) is 0 Å². The second-order valence-corrected chi connectivity index (χ2v) is 2.90. The van der Waals surface area contributed by atoms with Crippen molar-refractivity contribution in [2.45, 2.75) is 20.0 Å². The zero-order chi connectivity index (χ0) is 10.6. The van der Waals surface area contributed by atoms with Crippen LogP contribution in [-0.2, 0) is 0 Å². The highest BCUT2D eigenvalue weighted by molar-refractivity contribution is 5.98. The van der Waals surface area contributed by atoms with E-state index in [2.05, 4.69) is 15.4 Å². The van der Waals surface area contributed by atoms with Crippen molar-refractivity contribution in [3.8, 4) is 5.88 Å². The third-order valence-electron chi connectivity index (χ3n) is 1.42. The second kappa shape index (κ2) is 4.40. The van der Waals surface area contributed by atoms with Crippen molar-refractivity contribution in [2.24, 2.45) is 10.9 Å². The van der Waals surface area contributed by atoms with Crippen molar-refractivity contribution < 1.29 is 9.94 Å². The zero-order valence-electron chi connectivity index (χ0n) is 8.01. The summed E-state index contributed by atoms with van der Waals surface area (Å²) in [6.45, 7) is 3.70. The van der Waals surface area contributed by atoms with E-state index >= 15 is 0 Å². The lowest BCUT2D eigenvalue weighted by Crippen LogP contribution is -2.18. The molecular formula is C8H12N4O2. The van der Waals surface area contributed by atoms with Crippen LogP contribution in [0.5, 0.6) is 5.88 Å². The van der Waals surface area contributed by atoms with Crippen LogP contribution in [0.25, 0.3) is 0 Å². The average Bonchev–Trinajstić information content (AvgIpc) is 2.16. The Morgan fingerprint density at radius 3 is 2.93 bits per heavy atom. The summed E-state index contributed by atoms with van der Waals surface area (Å²) in [6.07, 6.45) is 1.40. The normalized spacial score (nSPS) is 11.8. The number of ether oxygens (including phenoxy) is 1. The molecule has 0 spiro atoms. The largest absolute Gasteiger partial charge is 0.473 e.